The standard InChI is InChI=1S/C25H31N3O4/c1-31-24(29)21-7-5-19(6-8-21)18-28(25(30)27-13-15-32-16-14-27)23-4-2-3-22(17-23)20-9-11-26-12-10-20/h2-8,17,20,26H,9-16,18H2,1H3. The number of hydrogen-bond donors (Lipinski definition) is 1. The topological polar surface area (TPSA) is 71.1 Å². The number of rotatable bonds is 5. The van der Waals surface area contributed by atoms with Gasteiger partial charge in [-0.1, -0.05) is 24.3 Å². The van der Waals surface area contributed by atoms with Crippen molar-refractivity contribution in [3.05, 3.63) is 65.2 Å². The fourth-order valence-electron chi connectivity index (χ4n) is 4.34. The Bertz CT molecular complexity index is 919. The number of carbonyl (C=O) groups is 2. The second-order valence-electron chi connectivity index (χ2n) is 8.28. The number of benzene rings is 2. The van der Waals surface area contributed by atoms with Gasteiger partial charge in [-0.25, -0.2) is 9.59 Å². The SMILES string of the molecule is COC(=O)c1ccc(CN(C(=O)N2CCOCC2)c2cccc(C3CCNCC3)c2)cc1. The van der Waals surface area contributed by atoms with Crippen LogP contribution in [0, 0.1) is 0 Å². The molecule has 7 nitrogen and oxygen atoms in total. The Morgan fingerprint density at radius 1 is 1.09 bits per heavy atom. The van der Waals surface area contributed by atoms with Gasteiger partial charge in [-0.05, 0) is 67.2 Å². The van der Waals surface area contributed by atoms with Crippen molar-refractivity contribution in [2.45, 2.75) is 25.3 Å². The summed E-state index contributed by atoms with van der Waals surface area (Å²) in [5, 5.41) is 3.42. The van der Waals surface area contributed by atoms with Crippen molar-refractivity contribution < 1.29 is 19.1 Å². The number of amides is 2. The van der Waals surface area contributed by atoms with E-state index in [4.69, 9.17) is 9.47 Å². The van der Waals surface area contributed by atoms with Gasteiger partial charge in [0.1, 0.15) is 0 Å². The molecule has 0 unspecified atom stereocenters. The van der Waals surface area contributed by atoms with E-state index in [9.17, 15) is 9.59 Å². The monoisotopic (exact) mass is 437 g/mol. The molecule has 0 radical (unpaired) electrons. The van der Waals surface area contributed by atoms with Crippen molar-refractivity contribution >= 4 is 17.7 Å². The summed E-state index contributed by atoms with van der Waals surface area (Å²) in [7, 11) is 1.37. The number of anilines is 1. The largest absolute Gasteiger partial charge is 0.465 e. The van der Waals surface area contributed by atoms with Gasteiger partial charge in [0.25, 0.3) is 0 Å². The number of ether oxygens (including phenoxy) is 2. The van der Waals surface area contributed by atoms with Gasteiger partial charge in [0.05, 0.1) is 32.4 Å². The molecule has 2 heterocycles. The molecule has 0 atom stereocenters. The molecule has 2 aliphatic rings. The van der Waals surface area contributed by atoms with E-state index in [1.165, 1.54) is 12.7 Å². The Hall–Kier alpha value is -2.90. The van der Waals surface area contributed by atoms with Crippen LogP contribution in [0.25, 0.3) is 0 Å². The zero-order valence-electron chi connectivity index (χ0n) is 18.6. The van der Waals surface area contributed by atoms with E-state index < -0.39 is 0 Å². The molecule has 0 aromatic heterocycles. The van der Waals surface area contributed by atoms with Crippen LogP contribution in [0.1, 0.15) is 40.2 Å². The van der Waals surface area contributed by atoms with Gasteiger partial charge in [-0.15, -0.1) is 0 Å². The number of methoxy groups -OCH3 is 1. The van der Waals surface area contributed by atoms with Crippen LogP contribution in [0.5, 0.6) is 0 Å². The third kappa shape index (κ3) is 5.29. The van der Waals surface area contributed by atoms with Crippen LogP contribution in [0.2, 0.25) is 0 Å². The molecule has 32 heavy (non-hydrogen) atoms. The van der Waals surface area contributed by atoms with E-state index in [1.807, 2.05) is 34.1 Å². The fourth-order valence-corrected chi connectivity index (χ4v) is 4.34. The smallest absolute Gasteiger partial charge is 0.337 e. The molecule has 0 bridgehead atoms. The second-order valence-corrected chi connectivity index (χ2v) is 8.28. The van der Waals surface area contributed by atoms with E-state index in [0.717, 1.165) is 37.2 Å². The first kappa shape index (κ1) is 22.3. The molecule has 4 rings (SSSR count). The Morgan fingerprint density at radius 2 is 1.81 bits per heavy atom. The molecule has 2 aromatic rings. The van der Waals surface area contributed by atoms with Crippen LogP contribution in [-0.2, 0) is 16.0 Å². The van der Waals surface area contributed by atoms with Crippen molar-refractivity contribution in [1.29, 1.82) is 0 Å². The van der Waals surface area contributed by atoms with E-state index >= 15 is 0 Å². The predicted octanol–water partition coefficient (Wildman–Crippen LogP) is 3.40. The van der Waals surface area contributed by atoms with E-state index in [0.29, 0.717) is 44.3 Å². The van der Waals surface area contributed by atoms with Crippen LogP contribution in [-0.4, -0.2) is 63.4 Å². The summed E-state index contributed by atoms with van der Waals surface area (Å²) in [6.45, 7) is 4.77. The number of urea groups is 1. The van der Waals surface area contributed by atoms with Crippen LogP contribution in [0.15, 0.2) is 48.5 Å². The average molecular weight is 438 g/mol. The maximum absolute atomic E-state index is 13.5. The van der Waals surface area contributed by atoms with Gasteiger partial charge < -0.3 is 19.7 Å². The zero-order valence-corrected chi connectivity index (χ0v) is 18.6. The Balaban J connectivity index is 1.60. The van der Waals surface area contributed by atoms with E-state index in [1.54, 1.807) is 12.1 Å². The van der Waals surface area contributed by atoms with Gasteiger partial charge in [0.2, 0.25) is 0 Å². The molecule has 0 saturated carbocycles. The Morgan fingerprint density at radius 3 is 2.50 bits per heavy atom. The van der Waals surface area contributed by atoms with Crippen molar-refractivity contribution in [3.8, 4) is 0 Å². The summed E-state index contributed by atoms with van der Waals surface area (Å²) in [6, 6.07) is 15.6. The molecule has 2 aliphatic heterocycles. The average Bonchev–Trinajstić information content (AvgIpc) is 2.88. The van der Waals surface area contributed by atoms with Gasteiger partial charge in [-0.2, -0.15) is 0 Å². The van der Waals surface area contributed by atoms with Crippen LogP contribution in [0.4, 0.5) is 10.5 Å². The third-order valence-corrected chi connectivity index (χ3v) is 6.22. The number of carbonyl (C=O) groups excluding carboxylic acids is 2. The van der Waals surface area contributed by atoms with Crippen molar-refractivity contribution in [2.75, 3.05) is 51.4 Å². The fraction of sp³-hybridized carbons (Fsp3) is 0.440. The van der Waals surface area contributed by atoms with Gasteiger partial charge >= 0.3 is 12.0 Å². The molecule has 0 spiro atoms. The number of nitrogens with zero attached hydrogens (tertiary/aromatic N) is 2. The lowest BCUT2D eigenvalue weighted by Crippen LogP contribution is -2.48. The van der Waals surface area contributed by atoms with Gasteiger partial charge in [0, 0.05) is 18.8 Å². The maximum Gasteiger partial charge on any atom is 0.337 e. The minimum Gasteiger partial charge on any atom is -0.465 e. The highest BCUT2D eigenvalue weighted by Gasteiger charge is 2.25. The number of piperidine rings is 1. The lowest BCUT2D eigenvalue weighted by atomic mass is 9.90. The first-order chi connectivity index (χ1) is 15.7. The van der Waals surface area contributed by atoms with Crippen molar-refractivity contribution in [1.82, 2.24) is 10.2 Å². The summed E-state index contributed by atoms with van der Waals surface area (Å²) in [4.78, 5) is 29.0. The molecule has 7 heteroatoms. The minimum absolute atomic E-state index is 0.0206. The Kier molecular flexibility index (Phi) is 7.39. The molecular formula is C25H31N3O4. The lowest BCUT2D eigenvalue weighted by molar-refractivity contribution is 0.0548. The minimum atomic E-state index is -0.368. The van der Waals surface area contributed by atoms with E-state index in [2.05, 4.69) is 17.4 Å². The maximum atomic E-state index is 13.5. The van der Waals surface area contributed by atoms with Crippen molar-refractivity contribution in [3.63, 3.8) is 0 Å². The lowest BCUT2D eigenvalue weighted by Gasteiger charge is -2.33. The van der Waals surface area contributed by atoms with Crippen LogP contribution >= 0.6 is 0 Å². The number of morpholine rings is 1. The number of hydrogen-bond acceptors (Lipinski definition) is 5. The first-order valence-electron chi connectivity index (χ1n) is 11.3. The quantitative estimate of drug-likeness (QED) is 0.726. The molecular weight excluding hydrogens is 406 g/mol. The summed E-state index contributed by atoms with van der Waals surface area (Å²) in [6.07, 6.45) is 2.21. The molecule has 2 amide bonds. The molecule has 170 valence electrons. The highest BCUT2D eigenvalue weighted by molar-refractivity contribution is 5.92. The van der Waals surface area contributed by atoms with Crippen LogP contribution in [0.3, 0.4) is 0 Å². The predicted molar refractivity (Wildman–Crippen MR) is 123 cm³/mol. The van der Waals surface area contributed by atoms with Gasteiger partial charge in [-0.3, -0.25) is 4.90 Å². The number of nitrogens with one attached hydrogen (secondary N) is 1. The summed E-state index contributed by atoms with van der Waals surface area (Å²) in [5.74, 6) is 0.142. The molecule has 2 saturated heterocycles. The summed E-state index contributed by atoms with van der Waals surface area (Å²) < 4.78 is 10.2. The summed E-state index contributed by atoms with van der Waals surface area (Å²) in [5.41, 5.74) is 3.63. The third-order valence-electron chi connectivity index (χ3n) is 6.22. The second kappa shape index (κ2) is 10.6. The molecule has 2 fully saturated rings. The number of esters is 1. The highest BCUT2D eigenvalue weighted by atomic mass is 16.5. The molecule has 1 N–H and O–H groups in total. The molecule has 2 aromatic carbocycles. The Labute approximate surface area is 189 Å². The zero-order chi connectivity index (χ0) is 22.3. The first-order valence-corrected chi connectivity index (χ1v) is 11.3. The van der Waals surface area contributed by atoms with Crippen LogP contribution < -0.4 is 10.2 Å². The van der Waals surface area contributed by atoms with Gasteiger partial charge in [0.15, 0.2) is 0 Å². The summed E-state index contributed by atoms with van der Waals surface area (Å²) >= 11 is 0. The van der Waals surface area contributed by atoms with Crippen molar-refractivity contribution in [2.24, 2.45) is 0 Å². The highest BCUT2D eigenvalue weighted by Crippen LogP contribution is 2.29. The normalized spacial score (nSPS) is 17.1. The van der Waals surface area contributed by atoms with E-state index in [-0.39, 0.29) is 12.0 Å². The molecule has 0 aliphatic carbocycles.